The quantitative estimate of drug-likeness (QED) is 0.179. The standard InChI is InChI=1S/C51H35N3/c1-2-13-38(14-3-1)53(40-24-25-42-37(32-40)22-21-35-29-30-52-33-47(35)42)49-28-26-41(44-17-6-7-18-45(44)49)36-12-10-15-39(31-36)54-48-20-9-8-19-46(48)51-43-16-5-4-11-34(43)23-27-50(51)54/h1-20,23-33H,21-22H2. The minimum Gasteiger partial charge on any atom is -0.310 e. The normalized spacial score (nSPS) is 12.3. The van der Waals surface area contributed by atoms with Gasteiger partial charge in [-0.2, -0.15) is 0 Å². The van der Waals surface area contributed by atoms with E-state index in [9.17, 15) is 0 Å². The van der Waals surface area contributed by atoms with E-state index in [1.807, 2.05) is 12.4 Å². The molecule has 254 valence electrons. The number of fused-ring (bicyclic) bond motifs is 9. The molecule has 0 unspecified atom stereocenters. The second-order valence-electron chi connectivity index (χ2n) is 14.3. The molecule has 3 nitrogen and oxygen atoms in total. The van der Waals surface area contributed by atoms with Crippen molar-refractivity contribution in [1.82, 2.24) is 9.55 Å². The molecule has 0 atom stereocenters. The number of aryl methyl sites for hydroxylation is 2. The van der Waals surface area contributed by atoms with Gasteiger partial charge in [-0.05, 0) is 117 Å². The Morgan fingerprint density at radius 2 is 1.22 bits per heavy atom. The van der Waals surface area contributed by atoms with Gasteiger partial charge in [0.05, 0.1) is 16.7 Å². The summed E-state index contributed by atoms with van der Waals surface area (Å²) in [7, 11) is 0. The number of benzene rings is 8. The smallest absolute Gasteiger partial charge is 0.0547 e. The number of rotatable bonds is 5. The Morgan fingerprint density at radius 3 is 2.13 bits per heavy atom. The van der Waals surface area contributed by atoms with Crippen LogP contribution in [0.15, 0.2) is 188 Å². The Bertz CT molecular complexity index is 3060. The van der Waals surface area contributed by atoms with Crippen molar-refractivity contribution >= 4 is 60.4 Å². The largest absolute Gasteiger partial charge is 0.310 e. The third-order valence-corrected chi connectivity index (χ3v) is 11.3. The van der Waals surface area contributed by atoms with Crippen LogP contribution in [0, 0.1) is 0 Å². The number of hydrogen-bond donors (Lipinski definition) is 0. The van der Waals surface area contributed by atoms with Gasteiger partial charge in [0.25, 0.3) is 0 Å². The summed E-state index contributed by atoms with van der Waals surface area (Å²) in [6.45, 7) is 0. The second-order valence-corrected chi connectivity index (χ2v) is 14.3. The van der Waals surface area contributed by atoms with E-state index in [1.165, 1.54) is 76.7 Å². The van der Waals surface area contributed by atoms with Crippen LogP contribution in [0.1, 0.15) is 11.1 Å². The number of aromatic nitrogens is 2. The molecule has 2 heterocycles. The highest BCUT2D eigenvalue weighted by atomic mass is 15.1. The van der Waals surface area contributed by atoms with Crippen molar-refractivity contribution < 1.29 is 0 Å². The fraction of sp³-hybridized carbons (Fsp3) is 0.0392. The van der Waals surface area contributed by atoms with E-state index in [0.29, 0.717) is 0 Å². The van der Waals surface area contributed by atoms with Crippen molar-refractivity contribution in [3.63, 3.8) is 0 Å². The lowest BCUT2D eigenvalue weighted by Gasteiger charge is -2.29. The van der Waals surface area contributed by atoms with E-state index >= 15 is 0 Å². The van der Waals surface area contributed by atoms with Crippen LogP contribution in [0.5, 0.6) is 0 Å². The number of para-hydroxylation sites is 2. The molecule has 0 amide bonds. The van der Waals surface area contributed by atoms with Crippen molar-refractivity contribution in [2.75, 3.05) is 4.90 Å². The molecule has 11 rings (SSSR count). The summed E-state index contributed by atoms with van der Waals surface area (Å²) < 4.78 is 2.43. The molecule has 0 aliphatic heterocycles. The second kappa shape index (κ2) is 12.3. The monoisotopic (exact) mass is 689 g/mol. The molecule has 2 aromatic heterocycles. The molecule has 0 N–H and O–H groups in total. The topological polar surface area (TPSA) is 21.1 Å². The maximum absolute atomic E-state index is 4.46. The van der Waals surface area contributed by atoms with Gasteiger partial charge in [-0.15, -0.1) is 0 Å². The van der Waals surface area contributed by atoms with E-state index in [1.54, 1.807) is 0 Å². The lowest BCUT2D eigenvalue weighted by atomic mass is 9.86. The zero-order valence-corrected chi connectivity index (χ0v) is 29.7. The van der Waals surface area contributed by atoms with Crippen molar-refractivity contribution in [3.8, 4) is 27.9 Å². The molecular formula is C51H35N3. The van der Waals surface area contributed by atoms with E-state index in [4.69, 9.17) is 0 Å². The Kier molecular flexibility index (Phi) is 6.99. The van der Waals surface area contributed by atoms with Crippen LogP contribution in [0.4, 0.5) is 17.1 Å². The van der Waals surface area contributed by atoms with E-state index in [2.05, 4.69) is 190 Å². The third kappa shape index (κ3) is 4.79. The third-order valence-electron chi connectivity index (χ3n) is 11.3. The average Bonchev–Trinajstić information content (AvgIpc) is 3.59. The fourth-order valence-corrected chi connectivity index (χ4v) is 8.91. The molecule has 0 radical (unpaired) electrons. The Morgan fingerprint density at radius 1 is 0.463 bits per heavy atom. The molecule has 3 heteroatoms. The molecular weight excluding hydrogens is 655 g/mol. The van der Waals surface area contributed by atoms with E-state index in [0.717, 1.165) is 35.6 Å². The first-order valence-corrected chi connectivity index (χ1v) is 18.7. The van der Waals surface area contributed by atoms with E-state index in [-0.39, 0.29) is 0 Å². The Hall–Kier alpha value is -6.97. The summed E-state index contributed by atoms with van der Waals surface area (Å²) in [5.41, 5.74) is 14.7. The van der Waals surface area contributed by atoms with Crippen LogP contribution in [0.3, 0.4) is 0 Å². The Labute approximate surface area is 314 Å². The summed E-state index contributed by atoms with van der Waals surface area (Å²) in [6, 6.07) is 64.5. The van der Waals surface area contributed by atoms with Gasteiger partial charge in [0.2, 0.25) is 0 Å². The van der Waals surface area contributed by atoms with Crippen molar-refractivity contribution in [2.24, 2.45) is 0 Å². The zero-order valence-electron chi connectivity index (χ0n) is 29.7. The van der Waals surface area contributed by atoms with Crippen LogP contribution in [-0.2, 0) is 12.8 Å². The maximum atomic E-state index is 4.46. The van der Waals surface area contributed by atoms with E-state index < -0.39 is 0 Å². The summed E-state index contributed by atoms with van der Waals surface area (Å²) in [5.74, 6) is 0. The van der Waals surface area contributed by atoms with Gasteiger partial charge in [-0.25, -0.2) is 0 Å². The molecule has 8 aromatic carbocycles. The summed E-state index contributed by atoms with van der Waals surface area (Å²) in [5, 5.41) is 7.54. The molecule has 1 aliphatic carbocycles. The first kappa shape index (κ1) is 30.6. The van der Waals surface area contributed by atoms with Gasteiger partial charge in [-0.1, -0.05) is 115 Å². The van der Waals surface area contributed by atoms with Crippen molar-refractivity contribution in [3.05, 3.63) is 199 Å². The molecule has 10 aromatic rings. The summed E-state index contributed by atoms with van der Waals surface area (Å²) in [6.07, 6.45) is 5.97. The lowest BCUT2D eigenvalue weighted by Crippen LogP contribution is -2.12. The molecule has 0 fully saturated rings. The predicted molar refractivity (Wildman–Crippen MR) is 227 cm³/mol. The highest BCUT2D eigenvalue weighted by molar-refractivity contribution is 6.21. The summed E-state index contributed by atoms with van der Waals surface area (Å²) in [4.78, 5) is 6.88. The predicted octanol–water partition coefficient (Wildman–Crippen LogP) is 13.4. The lowest BCUT2D eigenvalue weighted by molar-refractivity contribution is 0.935. The molecule has 1 aliphatic rings. The van der Waals surface area contributed by atoms with Gasteiger partial charge in [0, 0.05) is 51.2 Å². The van der Waals surface area contributed by atoms with Crippen LogP contribution in [0.2, 0.25) is 0 Å². The van der Waals surface area contributed by atoms with Gasteiger partial charge in [-0.3, -0.25) is 4.98 Å². The number of nitrogens with zero attached hydrogens (tertiary/aromatic N) is 3. The highest BCUT2D eigenvalue weighted by Gasteiger charge is 2.22. The van der Waals surface area contributed by atoms with Crippen LogP contribution in [0.25, 0.3) is 71.3 Å². The average molecular weight is 690 g/mol. The van der Waals surface area contributed by atoms with Crippen molar-refractivity contribution in [1.29, 1.82) is 0 Å². The molecule has 0 saturated carbocycles. The molecule has 0 saturated heterocycles. The first-order valence-electron chi connectivity index (χ1n) is 18.7. The zero-order chi connectivity index (χ0) is 35.6. The highest BCUT2D eigenvalue weighted by Crippen LogP contribution is 2.45. The fourth-order valence-electron chi connectivity index (χ4n) is 8.91. The van der Waals surface area contributed by atoms with Crippen LogP contribution >= 0.6 is 0 Å². The minimum atomic E-state index is 1.01. The molecule has 0 spiro atoms. The Balaban J connectivity index is 1.07. The van der Waals surface area contributed by atoms with Gasteiger partial charge in [0.15, 0.2) is 0 Å². The van der Waals surface area contributed by atoms with Crippen molar-refractivity contribution in [2.45, 2.75) is 12.8 Å². The van der Waals surface area contributed by atoms with Gasteiger partial charge < -0.3 is 9.47 Å². The van der Waals surface area contributed by atoms with Gasteiger partial charge >= 0.3 is 0 Å². The molecule has 0 bridgehead atoms. The number of pyridine rings is 1. The maximum Gasteiger partial charge on any atom is 0.0547 e. The number of hydrogen-bond acceptors (Lipinski definition) is 2. The first-order chi connectivity index (χ1) is 26.8. The minimum absolute atomic E-state index is 1.01. The molecule has 54 heavy (non-hydrogen) atoms. The summed E-state index contributed by atoms with van der Waals surface area (Å²) >= 11 is 0. The van der Waals surface area contributed by atoms with Crippen LogP contribution in [-0.4, -0.2) is 9.55 Å². The van der Waals surface area contributed by atoms with Crippen LogP contribution < -0.4 is 4.90 Å². The SMILES string of the molecule is c1ccc(N(c2ccc3c(c2)CCc2ccncc2-3)c2ccc(-c3cccc(-n4c5ccccc5c5c6ccccc6ccc54)c3)c3ccccc23)cc1. The number of anilines is 3. The van der Waals surface area contributed by atoms with Gasteiger partial charge in [0.1, 0.15) is 0 Å².